The molecular weight excluding hydrogens is 548 g/mol. The van der Waals surface area contributed by atoms with Crippen LogP contribution >= 0.6 is 0 Å². The number of nitriles is 1. The van der Waals surface area contributed by atoms with Gasteiger partial charge in [0, 0.05) is 50.4 Å². The van der Waals surface area contributed by atoms with Crippen LogP contribution in [-0.2, 0) is 11.3 Å². The molecule has 0 bridgehead atoms. The summed E-state index contributed by atoms with van der Waals surface area (Å²) in [7, 11) is 1.55. The Kier molecular flexibility index (Phi) is 8.60. The Morgan fingerprint density at radius 2 is 1.91 bits per heavy atom. The molecule has 3 heterocycles. The first-order valence-electron chi connectivity index (χ1n) is 14.0. The third-order valence-corrected chi connectivity index (χ3v) is 7.58. The molecule has 2 aromatic carbocycles. The fourth-order valence-electron chi connectivity index (χ4n) is 5.10. The number of carbonyl (C=O) groups excluding carboxylic acids is 3. The van der Waals surface area contributed by atoms with Crippen LogP contribution in [0.1, 0.15) is 28.4 Å². The zero-order valence-electron chi connectivity index (χ0n) is 24.0. The van der Waals surface area contributed by atoms with Crippen LogP contribution in [0.15, 0.2) is 59.6 Å². The van der Waals surface area contributed by atoms with Crippen LogP contribution in [0.3, 0.4) is 0 Å². The fraction of sp³-hybridized carbons (Fsp3) is 0.323. The van der Waals surface area contributed by atoms with Gasteiger partial charge in [-0.1, -0.05) is 30.9 Å². The van der Waals surface area contributed by atoms with Gasteiger partial charge in [-0.2, -0.15) is 5.26 Å². The number of hydrogen-bond acceptors (Lipinski definition) is 7. The number of aliphatic imine (C=N–C) groups is 1. The molecule has 0 aliphatic carbocycles. The van der Waals surface area contributed by atoms with Crippen molar-refractivity contribution in [3.05, 3.63) is 71.3 Å². The number of fused-ring (bicyclic) bond motifs is 1. The van der Waals surface area contributed by atoms with Crippen molar-refractivity contribution in [2.75, 3.05) is 46.4 Å². The van der Waals surface area contributed by atoms with Crippen molar-refractivity contribution in [2.45, 2.75) is 19.0 Å². The Labute approximate surface area is 250 Å². The number of carbonyl (C=O) groups is 3. The molecule has 0 spiro atoms. The van der Waals surface area contributed by atoms with E-state index in [0.717, 1.165) is 38.3 Å². The Balaban J connectivity index is 1.29. The second-order valence-corrected chi connectivity index (χ2v) is 10.2. The second-order valence-electron chi connectivity index (χ2n) is 10.2. The maximum absolute atomic E-state index is 12.9. The van der Waals surface area contributed by atoms with Crippen molar-refractivity contribution in [2.24, 2.45) is 4.99 Å². The molecule has 220 valence electrons. The highest BCUT2D eigenvalue weighted by molar-refractivity contribution is 6.10. The first-order chi connectivity index (χ1) is 20.8. The Hall–Kier alpha value is -5.33. The van der Waals surface area contributed by atoms with Gasteiger partial charge in [-0.25, -0.2) is 9.79 Å². The van der Waals surface area contributed by atoms with E-state index in [4.69, 9.17) is 4.74 Å². The molecule has 0 radical (unpaired) electrons. The molecule has 12 heteroatoms. The SMILES string of the molecule is CCN1CCN(C(=Nc2ccc(C#CC3(C=CCN4Cc5ccc(OC)cc5C4=O)NC(=O)NC3=O)cc2)NC#N)CC1. The average molecular weight is 581 g/mol. The van der Waals surface area contributed by atoms with Crippen molar-refractivity contribution >= 4 is 29.5 Å². The number of rotatable bonds is 6. The molecule has 0 saturated carbocycles. The molecule has 2 fully saturated rings. The molecule has 5 rings (SSSR count). The fourth-order valence-corrected chi connectivity index (χ4v) is 5.10. The van der Waals surface area contributed by atoms with E-state index in [2.05, 4.69) is 44.6 Å². The summed E-state index contributed by atoms with van der Waals surface area (Å²) in [6, 6.07) is 11.8. The van der Waals surface area contributed by atoms with E-state index in [1.165, 1.54) is 6.08 Å². The van der Waals surface area contributed by atoms with E-state index in [9.17, 15) is 19.6 Å². The number of urea groups is 1. The smallest absolute Gasteiger partial charge is 0.323 e. The van der Waals surface area contributed by atoms with E-state index in [1.54, 1.807) is 48.4 Å². The number of methoxy groups -OCH3 is 1. The Bertz CT molecular complexity index is 1580. The van der Waals surface area contributed by atoms with Gasteiger partial charge in [0.15, 0.2) is 6.19 Å². The molecule has 1 unspecified atom stereocenters. The highest BCUT2D eigenvalue weighted by Gasteiger charge is 2.43. The lowest BCUT2D eigenvalue weighted by Crippen LogP contribution is -2.51. The van der Waals surface area contributed by atoms with Crippen LogP contribution in [0, 0.1) is 23.3 Å². The minimum atomic E-state index is -1.59. The van der Waals surface area contributed by atoms with Crippen LogP contribution in [0.25, 0.3) is 0 Å². The highest BCUT2D eigenvalue weighted by Crippen LogP contribution is 2.27. The van der Waals surface area contributed by atoms with E-state index in [1.807, 2.05) is 23.2 Å². The van der Waals surface area contributed by atoms with Gasteiger partial charge >= 0.3 is 6.03 Å². The predicted octanol–water partition coefficient (Wildman–Crippen LogP) is 1.53. The zero-order chi connectivity index (χ0) is 30.4. The molecular formula is C31H32N8O4. The maximum atomic E-state index is 12.9. The molecule has 2 saturated heterocycles. The Morgan fingerprint density at radius 1 is 1.14 bits per heavy atom. The number of hydrogen-bond donors (Lipinski definition) is 3. The summed E-state index contributed by atoms with van der Waals surface area (Å²) >= 11 is 0. The third-order valence-electron chi connectivity index (χ3n) is 7.58. The summed E-state index contributed by atoms with van der Waals surface area (Å²) in [4.78, 5) is 48.4. The topological polar surface area (TPSA) is 142 Å². The van der Waals surface area contributed by atoms with E-state index < -0.39 is 17.5 Å². The molecule has 0 aromatic heterocycles. The van der Waals surface area contributed by atoms with Gasteiger partial charge in [-0.05, 0) is 54.6 Å². The zero-order valence-corrected chi connectivity index (χ0v) is 24.0. The summed E-state index contributed by atoms with van der Waals surface area (Å²) < 4.78 is 5.23. The van der Waals surface area contributed by atoms with E-state index in [-0.39, 0.29) is 12.5 Å². The lowest BCUT2D eigenvalue weighted by atomic mass is 9.99. The minimum absolute atomic E-state index is 0.141. The quantitative estimate of drug-likeness (QED) is 0.0889. The van der Waals surface area contributed by atoms with Crippen LogP contribution in [0.5, 0.6) is 5.75 Å². The summed E-state index contributed by atoms with van der Waals surface area (Å²) in [6.07, 6.45) is 5.13. The van der Waals surface area contributed by atoms with Crippen LogP contribution in [0.2, 0.25) is 0 Å². The van der Waals surface area contributed by atoms with Gasteiger partial charge in [0.2, 0.25) is 11.5 Å². The summed E-state index contributed by atoms with van der Waals surface area (Å²) in [6.45, 7) is 7.09. The van der Waals surface area contributed by atoms with Crippen LogP contribution in [-0.4, -0.2) is 90.4 Å². The average Bonchev–Trinajstić information content (AvgIpc) is 3.49. The number of amides is 4. The molecule has 43 heavy (non-hydrogen) atoms. The Morgan fingerprint density at radius 3 is 2.56 bits per heavy atom. The van der Waals surface area contributed by atoms with Crippen LogP contribution in [0.4, 0.5) is 10.5 Å². The van der Waals surface area contributed by atoms with Gasteiger partial charge < -0.3 is 24.8 Å². The molecule has 1 atom stereocenters. The number of likely N-dealkylation sites (N-methyl/N-ethyl adjacent to an activating group) is 1. The van der Waals surface area contributed by atoms with E-state index in [0.29, 0.717) is 35.1 Å². The lowest BCUT2D eigenvalue weighted by Gasteiger charge is -2.35. The number of nitrogens with zero attached hydrogens (tertiary/aromatic N) is 5. The van der Waals surface area contributed by atoms with Crippen molar-refractivity contribution in [1.82, 2.24) is 30.7 Å². The highest BCUT2D eigenvalue weighted by atomic mass is 16.5. The summed E-state index contributed by atoms with van der Waals surface area (Å²) in [5.41, 5.74) is 1.12. The number of guanidine groups is 1. The second kappa shape index (κ2) is 12.7. The van der Waals surface area contributed by atoms with Gasteiger partial charge in [-0.3, -0.25) is 20.2 Å². The number of benzene rings is 2. The number of piperazine rings is 1. The molecule has 2 aromatic rings. The first-order valence-corrected chi connectivity index (χ1v) is 14.0. The van der Waals surface area contributed by atoms with Crippen molar-refractivity contribution < 1.29 is 19.1 Å². The summed E-state index contributed by atoms with van der Waals surface area (Å²) in [5.74, 6) is 6.22. The molecule has 3 aliphatic rings. The van der Waals surface area contributed by atoms with Gasteiger partial charge in [-0.15, -0.1) is 0 Å². The standard InChI is InChI=1S/C31H32N8O4/c1-3-37-15-17-38(18-16-37)29(33-21-32)34-24-8-5-22(6-9-24)11-13-31(28(41)35-30(42)36-31)12-4-14-39-20-23-7-10-25(43-2)19-26(23)27(39)40/h4-10,12,19H,3,14-18,20H2,1-2H3,(H,33,34)(H2,35,36,41,42). The molecule has 3 aliphatic heterocycles. The van der Waals surface area contributed by atoms with Gasteiger partial charge in [0.25, 0.3) is 11.8 Å². The predicted molar refractivity (Wildman–Crippen MR) is 159 cm³/mol. The number of imide groups is 1. The van der Waals surface area contributed by atoms with Gasteiger partial charge in [0.1, 0.15) is 5.75 Å². The normalized spacial score (nSPS) is 20.3. The number of nitrogens with one attached hydrogen (secondary N) is 3. The monoisotopic (exact) mass is 580 g/mol. The summed E-state index contributed by atoms with van der Waals surface area (Å²) in [5, 5.41) is 16.8. The molecule has 3 N–H and O–H groups in total. The van der Waals surface area contributed by atoms with E-state index >= 15 is 0 Å². The van der Waals surface area contributed by atoms with Gasteiger partial charge in [0.05, 0.1) is 12.8 Å². The van der Waals surface area contributed by atoms with Crippen molar-refractivity contribution in [3.8, 4) is 23.8 Å². The minimum Gasteiger partial charge on any atom is -0.497 e. The number of ether oxygens (including phenoxy) is 1. The lowest BCUT2D eigenvalue weighted by molar-refractivity contribution is -0.120. The first kappa shape index (κ1) is 29.2. The largest absolute Gasteiger partial charge is 0.497 e. The molecule has 4 amide bonds. The third kappa shape index (κ3) is 6.45. The molecule has 12 nitrogen and oxygen atoms in total. The van der Waals surface area contributed by atoms with Crippen LogP contribution < -0.4 is 20.7 Å². The van der Waals surface area contributed by atoms with Crippen molar-refractivity contribution in [1.29, 1.82) is 5.26 Å². The van der Waals surface area contributed by atoms with Crippen molar-refractivity contribution in [3.63, 3.8) is 0 Å². The maximum Gasteiger partial charge on any atom is 0.323 e.